The van der Waals surface area contributed by atoms with E-state index in [1.165, 1.54) is 0 Å². The van der Waals surface area contributed by atoms with Gasteiger partial charge < -0.3 is 34.9 Å². The van der Waals surface area contributed by atoms with Gasteiger partial charge in [-0.2, -0.15) is 0 Å². The fraction of sp³-hybridized carbons (Fsp3) is 0.875. The first-order valence-corrected chi connectivity index (χ1v) is 12.0. The molecule has 0 bridgehead atoms. The number of Topliss-reactive ketones (excluding diaryl/α,β-unsaturated/α-hetero) is 1. The van der Waals surface area contributed by atoms with Crippen LogP contribution in [0.15, 0.2) is 0 Å². The Morgan fingerprint density at radius 2 is 1.12 bits per heavy atom. The van der Waals surface area contributed by atoms with E-state index in [9.17, 15) is 14.4 Å². The van der Waals surface area contributed by atoms with E-state index >= 15 is 0 Å². The monoisotopic (exact) mass is 489 g/mol. The molecule has 3 N–H and O–H groups in total. The molecule has 0 aromatic heterocycles. The van der Waals surface area contributed by atoms with Crippen molar-refractivity contribution in [2.45, 2.75) is 59.9 Å². The minimum absolute atomic E-state index is 0.0133. The molecular weight excluding hydrogens is 442 g/mol. The third-order valence-electron chi connectivity index (χ3n) is 4.42. The summed E-state index contributed by atoms with van der Waals surface area (Å²) in [7, 11) is 0. The summed E-state index contributed by atoms with van der Waals surface area (Å²) in [6, 6.07) is 0. The zero-order valence-corrected chi connectivity index (χ0v) is 22.1. The Balaban J connectivity index is 3.39. The first-order chi connectivity index (χ1) is 15.9. The second-order valence-electron chi connectivity index (χ2n) is 9.98. The Morgan fingerprint density at radius 1 is 0.618 bits per heavy atom. The molecule has 0 aliphatic rings. The van der Waals surface area contributed by atoms with Crippen molar-refractivity contribution >= 4 is 17.6 Å². The normalized spacial score (nSPS) is 11.9. The number of rotatable bonds is 20. The lowest BCUT2D eigenvalue weighted by Crippen LogP contribution is -2.37. The molecule has 0 fully saturated rings. The minimum atomic E-state index is -0.402. The summed E-state index contributed by atoms with van der Waals surface area (Å²) in [6.45, 7) is 15.6. The first kappa shape index (κ1) is 32.4. The van der Waals surface area contributed by atoms with E-state index in [2.05, 4.69) is 36.7 Å². The molecule has 0 radical (unpaired) electrons. The standard InChI is InChI=1S/C24H47N3O7/c1-23(2,3)20(28)18-33-16-14-32-13-11-26-22(30)19-34-17-15-31-12-10-25-21(29)8-7-9-27-24(4,5)6/h27H,7-19H2,1-6H3,(H,25,29)(H,26,30). The Kier molecular flexibility index (Phi) is 17.8. The summed E-state index contributed by atoms with van der Waals surface area (Å²) in [6.07, 6.45) is 1.28. The van der Waals surface area contributed by atoms with Crippen LogP contribution in [0.2, 0.25) is 0 Å². The predicted octanol–water partition coefficient (Wildman–Crippen LogP) is 1.07. The largest absolute Gasteiger partial charge is 0.377 e. The second-order valence-corrected chi connectivity index (χ2v) is 9.98. The zero-order chi connectivity index (χ0) is 25.9. The molecular formula is C24H47N3O7. The van der Waals surface area contributed by atoms with Gasteiger partial charge in [0.15, 0.2) is 5.78 Å². The number of carbonyl (C=O) groups excluding carboxylic acids is 3. The van der Waals surface area contributed by atoms with Gasteiger partial charge in [0.2, 0.25) is 11.8 Å². The highest BCUT2D eigenvalue weighted by atomic mass is 16.5. The summed E-state index contributed by atoms with van der Waals surface area (Å²) in [5, 5.41) is 8.85. The lowest BCUT2D eigenvalue weighted by Gasteiger charge is -2.20. The molecule has 0 aromatic carbocycles. The van der Waals surface area contributed by atoms with E-state index in [1.54, 1.807) is 0 Å². The predicted molar refractivity (Wildman–Crippen MR) is 131 cm³/mol. The van der Waals surface area contributed by atoms with Crippen LogP contribution in [0.4, 0.5) is 0 Å². The van der Waals surface area contributed by atoms with Crippen molar-refractivity contribution < 1.29 is 33.3 Å². The van der Waals surface area contributed by atoms with Crippen molar-refractivity contribution in [2.24, 2.45) is 5.41 Å². The van der Waals surface area contributed by atoms with E-state index in [0.717, 1.165) is 13.0 Å². The fourth-order valence-corrected chi connectivity index (χ4v) is 2.36. The number of carbonyl (C=O) groups is 3. The van der Waals surface area contributed by atoms with Gasteiger partial charge in [-0.05, 0) is 33.7 Å². The Morgan fingerprint density at radius 3 is 1.65 bits per heavy atom. The Labute approximate surface area is 205 Å². The van der Waals surface area contributed by atoms with Crippen LogP contribution in [0.3, 0.4) is 0 Å². The summed E-state index contributed by atoms with van der Waals surface area (Å²) in [4.78, 5) is 35.1. The van der Waals surface area contributed by atoms with E-state index in [4.69, 9.17) is 18.9 Å². The van der Waals surface area contributed by atoms with E-state index in [1.807, 2.05) is 20.8 Å². The van der Waals surface area contributed by atoms with Crippen LogP contribution in [-0.2, 0) is 33.3 Å². The van der Waals surface area contributed by atoms with Crippen LogP contribution in [0, 0.1) is 5.41 Å². The molecule has 10 heteroatoms. The van der Waals surface area contributed by atoms with Crippen LogP contribution >= 0.6 is 0 Å². The second kappa shape index (κ2) is 18.7. The maximum absolute atomic E-state index is 11.7. The third kappa shape index (κ3) is 22.2. The molecule has 0 rings (SSSR count). The maximum atomic E-state index is 11.7. The first-order valence-electron chi connectivity index (χ1n) is 12.0. The molecule has 10 nitrogen and oxygen atoms in total. The van der Waals surface area contributed by atoms with Gasteiger partial charge in [0.1, 0.15) is 13.2 Å². The SMILES string of the molecule is CC(C)(C)NCCCC(=O)NCCOCCOCC(=O)NCCOCCOCC(=O)C(C)(C)C. The van der Waals surface area contributed by atoms with Gasteiger partial charge in [-0.3, -0.25) is 14.4 Å². The lowest BCUT2D eigenvalue weighted by atomic mass is 9.91. The van der Waals surface area contributed by atoms with Gasteiger partial charge in [-0.15, -0.1) is 0 Å². The number of hydrogen-bond donors (Lipinski definition) is 3. The van der Waals surface area contributed by atoms with Crippen molar-refractivity contribution in [3.8, 4) is 0 Å². The molecule has 0 aliphatic heterocycles. The van der Waals surface area contributed by atoms with Gasteiger partial charge in [-0.25, -0.2) is 0 Å². The highest BCUT2D eigenvalue weighted by Crippen LogP contribution is 2.14. The Bertz CT molecular complexity index is 572. The topological polar surface area (TPSA) is 124 Å². The summed E-state index contributed by atoms with van der Waals surface area (Å²) in [5.74, 6) is -0.171. The number of ketones is 1. The average molecular weight is 490 g/mol. The molecule has 34 heavy (non-hydrogen) atoms. The van der Waals surface area contributed by atoms with Crippen LogP contribution < -0.4 is 16.0 Å². The highest BCUT2D eigenvalue weighted by molar-refractivity contribution is 5.84. The van der Waals surface area contributed by atoms with Crippen molar-refractivity contribution in [1.82, 2.24) is 16.0 Å². The molecule has 0 atom stereocenters. The number of nitrogens with one attached hydrogen (secondary N) is 3. The van der Waals surface area contributed by atoms with E-state index in [-0.39, 0.29) is 36.4 Å². The molecule has 0 aromatic rings. The van der Waals surface area contributed by atoms with Gasteiger partial charge in [-0.1, -0.05) is 20.8 Å². The molecule has 0 unspecified atom stereocenters. The quantitative estimate of drug-likeness (QED) is 0.217. The van der Waals surface area contributed by atoms with Crippen molar-refractivity contribution in [2.75, 3.05) is 72.5 Å². The van der Waals surface area contributed by atoms with E-state index in [0.29, 0.717) is 59.2 Å². The van der Waals surface area contributed by atoms with E-state index < -0.39 is 5.41 Å². The fourth-order valence-electron chi connectivity index (χ4n) is 2.36. The molecule has 200 valence electrons. The maximum Gasteiger partial charge on any atom is 0.246 e. The van der Waals surface area contributed by atoms with Crippen molar-refractivity contribution in [1.29, 1.82) is 0 Å². The van der Waals surface area contributed by atoms with Crippen LogP contribution in [0.25, 0.3) is 0 Å². The smallest absolute Gasteiger partial charge is 0.246 e. The summed E-state index contributed by atoms with van der Waals surface area (Å²) < 4.78 is 21.2. The lowest BCUT2D eigenvalue weighted by molar-refractivity contribution is -0.131. The Hall–Kier alpha value is -1.59. The van der Waals surface area contributed by atoms with Crippen LogP contribution in [-0.4, -0.2) is 95.6 Å². The van der Waals surface area contributed by atoms with Crippen molar-refractivity contribution in [3.05, 3.63) is 0 Å². The molecule has 2 amide bonds. The van der Waals surface area contributed by atoms with Gasteiger partial charge in [0.25, 0.3) is 0 Å². The van der Waals surface area contributed by atoms with Crippen molar-refractivity contribution in [3.63, 3.8) is 0 Å². The van der Waals surface area contributed by atoms with Gasteiger partial charge >= 0.3 is 0 Å². The van der Waals surface area contributed by atoms with Gasteiger partial charge in [0.05, 0.1) is 39.6 Å². The van der Waals surface area contributed by atoms with Gasteiger partial charge in [0, 0.05) is 30.5 Å². The third-order valence-corrected chi connectivity index (χ3v) is 4.42. The number of hydrogen-bond acceptors (Lipinski definition) is 8. The molecule has 0 saturated heterocycles. The van der Waals surface area contributed by atoms with Crippen LogP contribution in [0.1, 0.15) is 54.4 Å². The zero-order valence-electron chi connectivity index (χ0n) is 22.1. The average Bonchev–Trinajstić information content (AvgIpc) is 2.73. The number of amides is 2. The minimum Gasteiger partial charge on any atom is -0.377 e. The molecule has 0 heterocycles. The number of ether oxygens (including phenoxy) is 4. The summed E-state index contributed by atoms with van der Waals surface area (Å²) in [5.41, 5.74) is -0.339. The molecule has 0 saturated carbocycles. The van der Waals surface area contributed by atoms with Crippen LogP contribution in [0.5, 0.6) is 0 Å². The molecule has 0 spiro atoms. The molecule has 0 aliphatic carbocycles. The summed E-state index contributed by atoms with van der Waals surface area (Å²) >= 11 is 0. The highest BCUT2D eigenvalue weighted by Gasteiger charge is 2.20.